The van der Waals surface area contributed by atoms with E-state index in [-0.39, 0.29) is 11.9 Å². The van der Waals surface area contributed by atoms with Crippen LogP contribution in [0.4, 0.5) is 0 Å². The predicted octanol–water partition coefficient (Wildman–Crippen LogP) is -0.125. The molecule has 0 radical (unpaired) electrons. The molecule has 1 saturated heterocycles. The van der Waals surface area contributed by atoms with Gasteiger partial charge in [0, 0.05) is 33.2 Å². The topological polar surface area (TPSA) is 81.7 Å². The molecule has 21 heavy (non-hydrogen) atoms. The lowest BCUT2D eigenvalue weighted by Crippen LogP contribution is -2.58. The number of hydrogen-bond donors (Lipinski definition) is 3. The Balaban J connectivity index is 2.15. The van der Waals surface area contributed by atoms with Crippen molar-refractivity contribution in [3.63, 3.8) is 0 Å². The molecule has 1 aromatic carbocycles. The first-order chi connectivity index (χ1) is 10.1. The Hall–Kier alpha value is -1.92. The number of rotatable bonds is 5. The summed E-state index contributed by atoms with van der Waals surface area (Å²) in [5.74, 6) is -1.58. The Bertz CT molecular complexity index is 492. The summed E-state index contributed by atoms with van der Waals surface area (Å²) in [6, 6.07) is 8.83. The first kappa shape index (κ1) is 15.5. The molecule has 1 aliphatic heterocycles. The van der Waals surface area contributed by atoms with Crippen LogP contribution in [0, 0.1) is 0 Å². The number of piperazine rings is 1. The molecule has 114 valence electrons. The zero-order valence-electron chi connectivity index (χ0n) is 12.1. The smallest absolute Gasteiger partial charge is 0.312 e. The molecule has 6 nitrogen and oxygen atoms in total. The molecule has 6 heteroatoms. The quantitative estimate of drug-likeness (QED) is 0.704. The first-order valence-electron chi connectivity index (χ1n) is 7.07. The van der Waals surface area contributed by atoms with Gasteiger partial charge in [0.15, 0.2) is 0 Å². The number of hydrogen-bond acceptors (Lipinski definition) is 4. The van der Waals surface area contributed by atoms with E-state index >= 15 is 0 Å². The van der Waals surface area contributed by atoms with Gasteiger partial charge in [-0.3, -0.25) is 14.5 Å². The fourth-order valence-electron chi connectivity index (χ4n) is 2.64. The number of carbonyl (C=O) groups excluding carboxylic acids is 1. The van der Waals surface area contributed by atoms with Gasteiger partial charge in [0.25, 0.3) is 0 Å². The molecule has 0 spiro atoms. The van der Waals surface area contributed by atoms with Gasteiger partial charge < -0.3 is 15.7 Å². The zero-order chi connectivity index (χ0) is 15.2. The van der Waals surface area contributed by atoms with Crippen LogP contribution in [0.5, 0.6) is 0 Å². The summed E-state index contributed by atoms with van der Waals surface area (Å²) in [7, 11) is 1.60. The third-order valence-corrected chi connectivity index (χ3v) is 3.82. The van der Waals surface area contributed by atoms with Crippen LogP contribution in [0.2, 0.25) is 0 Å². The minimum Gasteiger partial charge on any atom is -0.481 e. The van der Waals surface area contributed by atoms with E-state index in [9.17, 15) is 14.7 Å². The molecule has 1 aliphatic rings. The minimum absolute atomic E-state index is 0.0839. The predicted molar refractivity (Wildman–Crippen MR) is 79.1 cm³/mol. The van der Waals surface area contributed by atoms with Crippen LogP contribution in [0.1, 0.15) is 11.5 Å². The molecule has 1 aromatic rings. The van der Waals surface area contributed by atoms with Gasteiger partial charge in [-0.05, 0) is 5.56 Å². The molecule has 0 bridgehead atoms. The average Bonchev–Trinajstić information content (AvgIpc) is 2.52. The maximum absolute atomic E-state index is 11.9. The van der Waals surface area contributed by atoms with Crippen molar-refractivity contribution < 1.29 is 14.7 Å². The normalized spacial score (nSPS) is 20.7. The Morgan fingerprint density at radius 1 is 1.43 bits per heavy atom. The highest BCUT2D eigenvalue weighted by molar-refractivity contribution is 5.82. The summed E-state index contributed by atoms with van der Waals surface area (Å²) in [5, 5.41) is 15.3. The summed E-state index contributed by atoms with van der Waals surface area (Å²) in [6.07, 6.45) is 0. The third kappa shape index (κ3) is 3.80. The second-order valence-corrected chi connectivity index (χ2v) is 5.13. The Labute approximate surface area is 124 Å². The number of amides is 1. The number of carbonyl (C=O) groups is 2. The fourth-order valence-corrected chi connectivity index (χ4v) is 2.64. The number of nitrogens with one attached hydrogen (secondary N) is 2. The molecule has 1 fully saturated rings. The van der Waals surface area contributed by atoms with Crippen molar-refractivity contribution in [2.24, 2.45) is 0 Å². The summed E-state index contributed by atoms with van der Waals surface area (Å²) in [4.78, 5) is 25.4. The molecule has 1 heterocycles. The van der Waals surface area contributed by atoms with E-state index in [4.69, 9.17) is 0 Å². The lowest BCUT2D eigenvalue weighted by molar-refractivity contribution is -0.140. The summed E-state index contributed by atoms with van der Waals surface area (Å²) in [6.45, 7) is 2.29. The SMILES string of the molecule is CNC(=O)C1CNCCN1CC(C(=O)O)c1ccccc1. The van der Waals surface area contributed by atoms with Crippen molar-refractivity contribution in [1.29, 1.82) is 0 Å². The maximum Gasteiger partial charge on any atom is 0.312 e. The third-order valence-electron chi connectivity index (χ3n) is 3.82. The average molecular weight is 291 g/mol. The molecule has 1 amide bonds. The van der Waals surface area contributed by atoms with Crippen LogP contribution >= 0.6 is 0 Å². The van der Waals surface area contributed by atoms with Gasteiger partial charge in [-0.25, -0.2) is 0 Å². The van der Waals surface area contributed by atoms with E-state index < -0.39 is 11.9 Å². The largest absolute Gasteiger partial charge is 0.481 e. The number of aliphatic carboxylic acids is 1. The monoisotopic (exact) mass is 291 g/mol. The molecular weight excluding hydrogens is 270 g/mol. The van der Waals surface area contributed by atoms with Crippen LogP contribution in [0.25, 0.3) is 0 Å². The minimum atomic E-state index is -0.865. The Kier molecular flexibility index (Phi) is 5.30. The highest BCUT2D eigenvalue weighted by Crippen LogP contribution is 2.19. The Morgan fingerprint density at radius 3 is 2.76 bits per heavy atom. The summed E-state index contributed by atoms with van der Waals surface area (Å²) in [5.41, 5.74) is 0.763. The first-order valence-corrected chi connectivity index (χ1v) is 7.07. The van der Waals surface area contributed by atoms with Gasteiger partial charge in [0.1, 0.15) is 6.04 Å². The van der Waals surface area contributed by atoms with E-state index in [1.165, 1.54) is 0 Å². The van der Waals surface area contributed by atoms with Crippen LogP contribution in [0.15, 0.2) is 30.3 Å². The van der Waals surface area contributed by atoms with Crippen molar-refractivity contribution in [2.75, 3.05) is 33.2 Å². The lowest BCUT2D eigenvalue weighted by Gasteiger charge is -2.36. The van der Waals surface area contributed by atoms with Crippen molar-refractivity contribution in [3.8, 4) is 0 Å². The van der Waals surface area contributed by atoms with E-state index in [0.717, 1.165) is 12.1 Å². The summed E-state index contributed by atoms with van der Waals surface area (Å²) >= 11 is 0. The molecular formula is C15H21N3O3. The van der Waals surface area contributed by atoms with Crippen molar-refractivity contribution in [2.45, 2.75) is 12.0 Å². The summed E-state index contributed by atoms with van der Waals surface area (Å²) < 4.78 is 0. The van der Waals surface area contributed by atoms with Gasteiger partial charge >= 0.3 is 5.97 Å². The number of nitrogens with zero attached hydrogens (tertiary/aromatic N) is 1. The zero-order valence-corrected chi connectivity index (χ0v) is 12.1. The van der Waals surface area contributed by atoms with Gasteiger partial charge in [0.2, 0.25) is 5.91 Å². The van der Waals surface area contributed by atoms with Crippen LogP contribution in [-0.2, 0) is 9.59 Å². The molecule has 0 saturated carbocycles. The number of likely N-dealkylation sites (N-methyl/N-ethyl adjacent to an activating group) is 1. The highest BCUT2D eigenvalue weighted by atomic mass is 16.4. The van der Waals surface area contributed by atoms with Gasteiger partial charge in [-0.1, -0.05) is 30.3 Å². The van der Waals surface area contributed by atoms with Crippen molar-refractivity contribution in [1.82, 2.24) is 15.5 Å². The number of carboxylic acids is 1. The van der Waals surface area contributed by atoms with Gasteiger partial charge in [-0.15, -0.1) is 0 Å². The van der Waals surface area contributed by atoms with Crippen LogP contribution < -0.4 is 10.6 Å². The van der Waals surface area contributed by atoms with Crippen molar-refractivity contribution in [3.05, 3.63) is 35.9 Å². The second-order valence-electron chi connectivity index (χ2n) is 5.13. The number of benzene rings is 1. The second kappa shape index (κ2) is 7.19. The molecule has 2 rings (SSSR count). The van der Waals surface area contributed by atoms with E-state index in [2.05, 4.69) is 10.6 Å². The molecule has 0 aromatic heterocycles. The standard InChI is InChI=1S/C15H21N3O3/c1-16-14(19)13-9-17-7-8-18(13)10-12(15(20)21)11-5-3-2-4-6-11/h2-6,12-13,17H,7-10H2,1H3,(H,16,19)(H,20,21). The molecule has 2 unspecified atom stereocenters. The fraction of sp³-hybridized carbons (Fsp3) is 0.467. The van der Waals surface area contributed by atoms with Crippen LogP contribution in [0.3, 0.4) is 0 Å². The van der Waals surface area contributed by atoms with Gasteiger partial charge in [0.05, 0.1) is 5.92 Å². The maximum atomic E-state index is 11.9. The molecule has 3 N–H and O–H groups in total. The molecule has 2 atom stereocenters. The lowest BCUT2D eigenvalue weighted by atomic mass is 9.97. The Morgan fingerprint density at radius 2 is 2.14 bits per heavy atom. The van der Waals surface area contributed by atoms with Crippen molar-refractivity contribution >= 4 is 11.9 Å². The highest BCUT2D eigenvalue weighted by Gasteiger charge is 2.32. The molecule has 0 aliphatic carbocycles. The van der Waals surface area contributed by atoms with Crippen LogP contribution in [-0.4, -0.2) is 61.2 Å². The van der Waals surface area contributed by atoms with E-state index in [0.29, 0.717) is 19.6 Å². The van der Waals surface area contributed by atoms with Gasteiger partial charge in [-0.2, -0.15) is 0 Å². The van der Waals surface area contributed by atoms with E-state index in [1.807, 2.05) is 35.2 Å². The number of carboxylic acid groups (broad SMARTS) is 1. The van der Waals surface area contributed by atoms with E-state index in [1.54, 1.807) is 7.05 Å².